The third kappa shape index (κ3) is 22.1. The molecule has 0 aliphatic heterocycles. The smallest absolute Gasteiger partial charge is 0.335 e. The van der Waals surface area contributed by atoms with Crippen molar-refractivity contribution in [1.29, 1.82) is 0 Å². The summed E-state index contributed by atoms with van der Waals surface area (Å²) in [5.41, 5.74) is 17.4. The Bertz CT molecular complexity index is 3530. The number of nitrogens with one attached hydrogen (secondary N) is 2. The molecule has 456 valence electrons. The van der Waals surface area contributed by atoms with Gasteiger partial charge in [0.15, 0.2) is 0 Å². The van der Waals surface area contributed by atoms with E-state index >= 15 is 0 Å². The largest absolute Gasteiger partial charge is 0.481 e. The average Bonchev–Trinajstić information content (AvgIpc) is 3.73. The highest BCUT2D eigenvalue weighted by Crippen LogP contribution is 2.25. The van der Waals surface area contributed by atoms with E-state index in [1.807, 2.05) is 141 Å². The van der Waals surface area contributed by atoms with Crippen molar-refractivity contribution in [2.75, 3.05) is 6.61 Å². The minimum Gasteiger partial charge on any atom is -0.481 e. The summed E-state index contributed by atoms with van der Waals surface area (Å²) in [6, 6.07) is 66.0. The van der Waals surface area contributed by atoms with Gasteiger partial charge >= 0.3 is 29.8 Å². The summed E-state index contributed by atoms with van der Waals surface area (Å²) in [5, 5.41) is 42.5. The number of carboxylic acid groups (broad SMARTS) is 4. The van der Waals surface area contributed by atoms with Crippen LogP contribution in [0, 0.1) is 17.8 Å². The predicted molar refractivity (Wildman–Crippen MR) is 342 cm³/mol. The quantitative estimate of drug-likeness (QED) is 0.0249. The predicted octanol–water partition coefficient (Wildman–Crippen LogP) is 12.7. The normalized spacial score (nSPS) is 12.7. The fraction of sp³-hybridized carbons (Fsp3) is 0.247. The van der Waals surface area contributed by atoms with E-state index in [9.17, 15) is 43.8 Å². The van der Waals surface area contributed by atoms with E-state index in [4.69, 9.17) is 20.7 Å². The lowest BCUT2D eigenvalue weighted by Gasteiger charge is -2.21. The fourth-order valence-electron chi connectivity index (χ4n) is 9.92. The van der Waals surface area contributed by atoms with Gasteiger partial charge in [-0.3, -0.25) is 28.8 Å². The molecule has 0 aliphatic rings. The number of ether oxygens (including phenoxy) is 1. The Hall–Kier alpha value is -9.99. The molecule has 8 N–H and O–H groups in total. The molecule has 0 saturated carbocycles. The molecule has 0 aliphatic carbocycles. The Morgan fingerprint density at radius 2 is 0.784 bits per heavy atom. The number of hydrogen-bond donors (Lipinski definition) is 7. The minimum atomic E-state index is -1.07. The van der Waals surface area contributed by atoms with Crippen LogP contribution >= 0.6 is 0 Å². The second kappa shape index (κ2) is 34.2. The molecule has 15 nitrogen and oxygen atoms in total. The number of nitrogens with two attached hydrogens (primary N) is 1. The molecule has 0 saturated heterocycles. The molecule has 0 aromatic heterocycles. The van der Waals surface area contributed by atoms with Crippen molar-refractivity contribution in [3.8, 4) is 33.4 Å². The number of carbonyl (C=O) groups is 7. The molecule has 2 amide bonds. The van der Waals surface area contributed by atoms with Crippen molar-refractivity contribution < 1.29 is 58.7 Å². The maximum absolute atomic E-state index is 12.9. The van der Waals surface area contributed by atoms with Crippen molar-refractivity contribution in [1.82, 2.24) is 10.6 Å². The second-order valence-corrected chi connectivity index (χ2v) is 21.9. The Morgan fingerprint density at radius 3 is 1.16 bits per heavy atom. The summed E-state index contributed by atoms with van der Waals surface area (Å²) in [6.45, 7) is 7.34. The molecule has 8 aromatic rings. The van der Waals surface area contributed by atoms with Crippen LogP contribution in [0.1, 0.15) is 100 Å². The SMILES string of the molecule is CCOC(=O)[C@H](C)C[C@H](N)Cc1ccc(-c2ccccc2)cc1.C[C@H](C[C@@H](Cc1ccc(-c2ccccc2)cc1)NC(=O)c1ccc(C(=O)O)cc1)C(=O)O.C[C@H](C[C@@H](Cc1ccc(-c2ccccc2)cc1)NC(=O)c1cccc(CC(=O)O)c1)C(=O)O. The summed E-state index contributed by atoms with van der Waals surface area (Å²) in [7, 11) is 0. The fourth-order valence-corrected chi connectivity index (χ4v) is 9.92. The number of aromatic carboxylic acids is 1. The number of aliphatic carboxylic acids is 3. The van der Waals surface area contributed by atoms with Crippen LogP contribution in [0.15, 0.2) is 212 Å². The molecular formula is C73H77N3O12. The zero-order valence-electron chi connectivity index (χ0n) is 50.0. The number of rotatable bonds is 26. The van der Waals surface area contributed by atoms with Gasteiger partial charge in [-0.15, -0.1) is 0 Å². The lowest BCUT2D eigenvalue weighted by atomic mass is 9.94. The first kappa shape index (κ1) is 67.1. The summed E-state index contributed by atoms with van der Waals surface area (Å²) in [4.78, 5) is 82.0. The highest BCUT2D eigenvalue weighted by Gasteiger charge is 2.24. The van der Waals surface area contributed by atoms with Gasteiger partial charge in [0.25, 0.3) is 11.8 Å². The maximum Gasteiger partial charge on any atom is 0.335 e. The Morgan fingerprint density at radius 1 is 0.409 bits per heavy atom. The second-order valence-electron chi connectivity index (χ2n) is 21.9. The van der Waals surface area contributed by atoms with Crippen molar-refractivity contribution in [3.05, 3.63) is 251 Å². The third-order valence-electron chi connectivity index (χ3n) is 14.7. The molecule has 0 radical (unpaired) electrons. The maximum atomic E-state index is 12.9. The lowest BCUT2D eigenvalue weighted by molar-refractivity contribution is -0.148. The summed E-state index contributed by atoms with van der Waals surface area (Å²) >= 11 is 0. The number of amides is 2. The van der Waals surface area contributed by atoms with Crippen LogP contribution in [-0.4, -0.2) is 86.8 Å². The Labute approximate surface area is 514 Å². The van der Waals surface area contributed by atoms with Gasteiger partial charge in [0.05, 0.1) is 36.3 Å². The monoisotopic (exact) mass is 1190 g/mol. The molecule has 0 unspecified atom stereocenters. The number of carboxylic acids is 4. The van der Waals surface area contributed by atoms with Crippen LogP contribution in [0.4, 0.5) is 0 Å². The van der Waals surface area contributed by atoms with Crippen molar-refractivity contribution in [3.63, 3.8) is 0 Å². The number of benzene rings is 8. The van der Waals surface area contributed by atoms with E-state index < -0.39 is 47.8 Å². The highest BCUT2D eigenvalue weighted by atomic mass is 16.5. The number of hydrogen-bond acceptors (Lipinski definition) is 9. The summed E-state index contributed by atoms with van der Waals surface area (Å²) in [6.07, 6.45) is 2.73. The first-order valence-corrected chi connectivity index (χ1v) is 29.3. The van der Waals surface area contributed by atoms with Gasteiger partial charge in [0.1, 0.15) is 0 Å². The number of carbonyl (C=O) groups excluding carboxylic acids is 3. The molecule has 88 heavy (non-hydrogen) atoms. The Kier molecular flexibility index (Phi) is 26.1. The van der Waals surface area contributed by atoms with Gasteiger partial charge < -0.3 is 41.5 Å². The summed E-state index contributed by atoms with van der Waals surface area (Å²) in [5.74, 6) is -6.18. The zero-order chi connectivity index (χ0) is 63.5. The molecule has 0 fully saturated rings. The van der Waals surface area contributed by atoms with E-state index in [0.717, 1.165) is 39.8 Å². The van der Waals surface area contributed by atoms with Crippen LogP contribution in [0.25, 0.3) is 33.4 Å². The van der Waals surface area contributed by atoms with Crippen LogP contribution in [0.5, 0.6) is 0 Å². The summed E-state index contributed by atoms with van der Waals surface area (Å²) < 4.78 is 5.02. The molecule has 15 heteroatoms. The standard InChI is InChI=1S/C27H27NO5.C26H25NO5.C20H25NO2/c1-18(27(32)33)14-24(28-26(31)23-9-5-6-20(15-23)17-25(29)30)16-19-10-12-22(13-11-19)21-7-3-2-4-8-21;1-17(25(29)30)15-23(27-24(28)21-11-13-22(14-12-21)26(31)32)16-18-7-9-20(10-8-18)19-5-3-2-4-6-19;1-3-23-20(22)15(2)13-19(21)14-16-9-11-18(12-10-16)17-7-5-4-6-8-17/h2-13,15,18,24H,14,16-17H2,1H3,(H,28,31)(H,29,30)(H,32,33);2-14,17,23H,15-16H2,1H3,(H,27,28)(H,29,30)(H,31,32);4-12,15,19H,3,13-14,21H2,1-2H3/t18-,24+;17-,23+;15-,19+/m111/s1. The third-order valence-corrected chi connectivity index (χ3v) is 14.7. The molecule has 0 heterocycles. The first-order valence-electron chi connectivity index (χ1n) is 29.3. The van der Waals surface area contributed by atoms with Gasteiger partial charge in [-0.25, -0.2) is 4.79 Å². The van der Waals surface area contributed by atoms with Crippen LogP contribution in [-0.2, 0) is 49.6 Å². The van der Waals surface area contributed by atoms with Gasteiger partial charge in [0, 0.05) is 29.3 Å². The average molecular weight is 1190 g/mol. The zero-order valence-corrected chi connectivity index (χ0v) is 50.0. The molecular weight excluding hydrogens is 1110 g/mol. The molecule has 6 atom stereocenters. The Balaban J connectivity index is 0.000000214. The molecule has 8 aromatic carbocycles. The molecule has 8 rings (SSSR count). The van der Waals surface area contributed by atoms with E-state index in [2.05, 4.69) is 47.0 Å². The molecule has 0 spiro atoms. The van der Waals surface area contributed by atoms with Crippen LogP contribution in [0.2, 0.25) is 0 Å². The highest BCUT2D eigenvalue weighted by molar-refractivity contribution is 5.96. The van der Waals surface area contributed by atoms with E-state index in [-0.39, 0.29) is 54.6 Å². The van der Waals surface area contributed by atoms with Crippen molar-refractivity contribution in [2.24, 2.45) is 23.5 Å². The van der Waals surface area contributed by atoms with Gasteiger partial charge in [-0.1, -0.05) is 197 Å². The first-order chi connectivity index (χ1) is 42.2. The molecule has 0 bridgehead atoms. The van der Waals surface area contributed by atoms with Crippen molar-refractivity contribution >= 4 is 41.7 Å². The topological polar surface area (TPSA) is 260 Å². The minimum absolute atomic E-state index is 0.0445. The van der Waals surface area contributed by atoms with E-state index in [0.29, 0.717) is 42.6 Å². The van der Waals surface area contributed by atoms with Crippen LogP contribution < -0.4 is 16.4 Å². The van der Waals surface area contributed by atoms with Gasteiger partial charge in [0.2, 0.25) is 0 Å². The van der Waals surface area contributed by atoms with Crippen molar-refractivity contribution in [2.45, 2.75) is 90.8 Å². The van der Waals surface area contributed by atoms with E-state index in [1.54, 1.807) is 38.1 Å². The lowest BCUT2D eigenvalue weighted by Crippen LogP contribution is -2.38. The van der Waals surface area contributed by atoms with Crippen LogP contribution in [0.3, 0.4) is 0 Å². The van der Waals surface area contributed by atoms with E-state index in [1.165, 1.54) is 41.0 Å². The number of esters is 1. The van der Waals surface area contributed by atoms with Gasteiger partial charge in [-0.05, 0) is 137 Å². The van der Waals surface area contributed by atoms with Gasteiger partial charge in [-0.2, -0.15) is 0 Å².